The van der Waals surface area contributed by atoms with Crippen molar-refractivity contribution in [2.75, 3.05) is 18.4 Å². The van der Waals surface area contributed by atoms with Crippen LogP contribution in [0.25, 0.3) is 11.3 Å². The van der Waals surface area contributed by atoms with E-state index in [1.807, 2.05) is 36.4 Å². The summed E-state index contributed by atoms with van der Waals surface area (Å²) in [4.78, 5) is 31.1. The van der Waals surface area contributed by atoms with Gasteiger partial charge >= 0.3 is 0 Å². The highest BCUT2D eigenvalue weighted by atomic mass is 16.3. The molecule has 2 aromatic heterocycles. The third-order valence-electron chi connectivity index (χ3n) is 4.92. The van der Waals surface area contributed by atoms with E-state index in [4.69, 9.17) is 4.42 Å². The molecule has 1 aromatic carbocycles. The molecule has 28 heavy (non-hydrogen) atoms. The molecule has 1 aliphatic heterocycles. The summed E-state index contributed by atoms with van der Waals surface area (Å²) in [7, 11) is 0. The Balaban J connectivity index is 1.38. The van der Waals surface area contributed by atoms with Gasteiger partial charge in [-0.1, -0.05) is 6.07 Å². The fraction of sp³-hybridized carbons (Fsp3) is 0.227. The number of carbonyl (C=O) groups excluding carboxylic acids is 2. The van der Waals surface area contributed by atoms with Crippen LogP contribution < -0.4 is 5.32 Å². The van der Waals surface area contributed by atoms with Crippen LogP contribution in [0, 0.1) is 5.92 Å². The molecule has 6 heteroatoms. The zero-order valence-electron chi connectivity index (χ0n) is 15.4. The summed E-state index contributed by atoms with van der Waals surface area (Å²) in [6.07, 6.45) is 4.80. The number of anilines is 1. The molecule has 6 nitrogen and oxygen atoms in total. The van der Waals surface area contributed by atoms with Gasteiger partial charge in [-0.2, -0.15) is 0 Å². The number of amides is 2. The summed E-state index contributed by atoms with van der Waals surface area (Å²) < 4.78 is 5.38. The molecule has 1 unspecified atom stereocenters. The van der Waals surface area contributed by atoms with Crippen molar-refractivity contribution < 1.29 is 14.0 Å². The number of hydrogen-bond donors (Lipinski definition) is 1. The fourth-order valence-corrected chi connectivity index (χ4v) is 3.43. The van der Waals surface area contributed by atoms with Gasteiger partial charge in [-0.15, -0.1) is 0 Å². The predicted octanol–water partition coefficient (Wildman–Crippen LogP) is 3.83. The lowest BCUT2D eigenvalue weighted by molar-refractivity contribution is -0.121. The lowest BCUT2D eigenvalue weighted by atomic mass is 9.96. The summed E-state index contributed by atoms with van der Waals surface area (Å²) in [6.45, 7) is 1.06. The van der Waals surface area contributed by atoms with Gasteiger partial charge in [-0.3, -0.25) is 14.6 Å². The first kappa shape index (κ1) is 18.0. The number of aromatic nitrogens is 1. The summed E-state index contributed by atoms with van der Waals surface area (Å²) in [5, 5.41) is 2.96. The van der Waals surface area contributed by atoms with E-state index in [1.54, 1.807) is 35.6 Å². The molecule has 3 aromatic rings. The van der Waals surface area contributed by atoms with Crippen LogP contribution >= 0.6 is 0 Å². The monoisotopic (exact) mass is 375 g/mol. The van der Waals surface area contributed by atoms with Gasteiger partial charge in [0.1, 0.15) is 11.5 Å². The van der Waals surface area contributed by atoms with E-state index in [0.717, 1.165) is 29.9 Å². The number of carbonyl (C=O) groups is 2. The second kappa shape index (κ2) is 8.08. The molecule has 1 fully saturated rings. The standard InChI is InChI=1S/C22H21N3O3/c26-21(24-18-10-8-16(9-11-18)20-7-4-14-28-20)17-5-3-13-25(15-17)22(27)19-6-1-2-12-23-19/h1-2,4,6-12,14,17H,3,5,13,15H2,(H,24,26). The molecule has 0 spiro atoms. The van der Waals surface area contributed by atoms with Crippen molar-refractivity contribution >= 4 is 17.5 Å². The van der Waals surface area contributed by atoms with Gasteiger partial charge < -0.3 is 14.6 Å². The van der Waals surface area contributed by atoms with Crippen molar-refractivity contribution in [1.29, 1.82) is 0 Å². The Labute approximate surface area is 163 Å². The van der Waals surface area contributed by atoms with E-state index in [1.165, 1.54) is 0 Å². The van der Waals surface area contributed by atoms with Gasteiger partial charge in [-0.05, 0) is 61.4 Å². The highest BCUT2D eigenvalue weighted by Crippen LogP contribution is 2.23. The number of likely N-dealkylation sites (tertiary alicyclic amines) is 1. The van der Waals surface area contributed by atoms with Gasteiger partial charge in [0.25, 0.3) is 5.91 Å². The van der Waals surface area contributed by atoms with Crippen LogP contribution in [-0.4, -0.2) is 34.8 Å². The highest BCUT2D eigenvalue weighted by molar-refractivity contribution is 5.95. The van der Waals surface area contributed by atoms with Gasteiger partial charge in [0, 0.05) is 30.5 Å². The van der Waals surface area contributed by atoms with Gasteiger partial charge in [0.05, 0.1) is 12.2 Å². The molecule has 0 aliphatic carbocycles. The van der Waals surface area contributed by atoms with Gasteiger partial charge in [0.15, 0.2) is 0 Å². The number of hydrogen-bond acceptors (Lipinski definition) is 4. The minimum absolute atomic E-state index is 0.0655. The largest absolute Gasteiger partial charge is 0.464 e. The van der Waals surface area contributed by atoms with Crippen molar-refractivity contribution in [3.63, 3.8) is 0 Å². The summed E-state index contributed by atoms with van der Waals surface area (Å²) >= 11 is 0. The molecule has 0 bridgehead atoms. The summed E-state index contributed by atoms with van der Waals surface area (Å²) in [5.74, 6) is 0.366. The number of benzene rings is 1. The third kappa shape index (κ3) is 3.96. The quantitative estimate of drug-likeness (QED) is 0.752. The van der Waals surface area contributed by atoms with Crippen LogP contribution in [0.1, 0.15) is 23.3 Å². The fourth-order valence-electron chi connectivity index (χ4n) is 3.43. The van der Waals surface area contributed by atoms with E-state index >= 15 is 0 Å². The maximum absolute atomic E-state index is 12.7. The van der Waals surface area contributed by atoms with Crippen molar-refractivity contribution in [2.45, 2.75) is 12.8 Å². The SMILES string of the molecule is O=C(Nc1ccc(-c2ccco2)cc1)C1CCCN(C(=O)c2ccccn2)C1. The Morgan fingerprint density at radius 3 is 2.64 bits per heavy atom. The molecular formula is C22H21N3O3. The van der Waals surface area contributed by atoms with Crippen molar-refractivity contribution in [2.24, 2.45) is 5.92 Å². The smallest absolute Gasteiger partial charge is 0.272 e. The number of piperidine rings is 1. The van der Waals surface area contributed by atoms with E-state index < -0.39 is 0 Å². The Morgan fingerprint density at radius 1 is 1.07 bits per heavy atom. The normalized spacial score (nSPS) is 16.6. The van der Waals surface area contributed by atoms with Gasteiger partial charge in [0.2, 0.25) is 5.91 Å². The van der Waals surface area contributed by atoms with Crippen LogP contribution in [0.4, 0.5) is 5.69 Å². The zero-order chi connectivity index (χ0) is 19.3. The molecule has 4 rings (SSSR count). The predicted molar refractivity (Wildman–Crippen MR) is 106 cm³/mol. The number of pyridine rings is 1. The molecule has 0 radical (unpaired) electrons. The third-order valence-corrected chi connectivity index (χ3v) is 4.92. The van der Waals surface area contributed by atoms with Crippen molar-refractivity contribution in [1.82, 2.24) is 9.88 Å². The highest BCUT2D eigenvalue weighted by Gasteiger charge is 2.29. The molecule has 1 aliphatic rings. The van der Waals surface area contributed by atoms with E-state index in [9.17, 15) is 9.59 Å². The number of rotatable bonds is 4. The van der Waals surface area contributed by atoms with Crippen molar-refractivity contribution in [3.05, 3.63) is 72.8 Å². The van der Waals surface area contributed by atoms with Crippen LogP contribution in [0.2, 0.25) is 0 Å². The molecule has 142 valence electrons. The Kier molecular flexibility index (Phi) is 5.19. The zero-order valence-corrected chi connectivity index (χ0v) is 15.4. The number of nitrogens with zero attached hydrogens (tertiary/aromatic N) is 2. The van der Waals surface area contributed by atoms with Crippen LogP contribution in [0.5, 0.6) is 0 Å². The molecule has 0 saturated carbocycles. The first-order valence-electron chi connectivity index (χ1n) is 9.36. The average molecular weight is 375 g/mol. The van der Waals surface area contributed by atoms with Crippen LogP contribution in [0.3, 0.4) is 0 Å². The molecule has 1 atom stereocenters. The molecule has 1 saturated heterocycles. The topological polar surface area (TPSA) is 75.4 Å². The number of furan rings is 1. The first-order chi connectivity index (χ1) is 13.7. The van der Waals surface area contributed by atoms with Crippen LogP contribution in [0.15, 0.2) is 71.5 Å². The minimum Gasteiger partial charge on any atom is -0.464 e. The van der Waals surface area contributed by atoms with E-state index in [0.29, 0.717) is 18.8 Å². The Morgan fingerprint density at radius 2 is 1.93 bits per heavy atom. The Hall–Kier alpha value is -3.41. The second-order valence-corrected chi connectivity index (χ2v) is 6.85. The molecule has 1 N–H and O–H groups in total. The van der Waals surface area contributed by atoms with Gasteiger partial charge in [-0.25, -0.2) is 0 Å². The lowest BCUT2D eigenvalue weighted by Gasteiger charge is -2.31. The molecular weight excluding hydrogens is 354 g/mol. The van der Waals surface area contributed by atoms with E-state index in [2.05, 4.69) is 10.3 Å². The van der Waals surface area contributed by atoms with E-state index in [-0.39, 0.29) is 17.7 Å². The summed E-state index contributed by atoms with van der Waals surface area (Å²) in [5.41, 5.74) is 2.10. The van der Waals surface area contributed by atoms with Crippen molar-refractivity contribution in [3.8, 4) is 11.3 Å². The molecule has 2 amide bonds. The summed E-state index contributed by atoms with van der Waals surface area (Å²) in [6, 6.07) is 16.5. The average Bonchev–Trinajstić information content (AvgIpc) is 3.29. The molecule has 3 heterocycles. The van der Waals surface area contributed by atoms with Crippen LogP contribution in [-0.2, 0) is 4.79 Å². The maximum Gasteiger partial charge on any atom is 0.272 e. The maximum atomic E-state index is 12.7. The Bertz CT molecular complexity index is 937. The first-order valence-corrected chi connectivity index (χ1v) is 9.36. The number of nitrogens with one attached hydrogen (secondary N) is 1. The lowest BCUT2D eigenvalue weighted by Crippen LogP contribution is -2.44. The second-order valence-electron chi connectivity index (χ2n) is 6.85. The minimum atomic E-state index is -0.230.